The van der Waals surface area contributed by atoms with Crippen LogP contribution >= 0.6 is 11.6 Å². The van der Waals surface area contributed by atoms with E-state index in [-0.39, 0.29) is 16.3 Å². The second-order valence-electron chi connectivity index (χ2n) is 4.26. The third-order valence-corrected chi connectivity index (χ3v) is 3.11. The van der Waals surface area contributed by atoms with E-state index < -0.39 is 12.3 Å². The van der Waals surface area contributed by atoms with Gasteiger partial charge in [0.05, 0.1) is 17.7 Å². The second-order valence-corrected chi connectivity index (χ2v) is 4.67. The Morgan fingerprint density at radius 2 is 1.64 bits per heavy atom. The molecule has 0 aliphatic heterocycles. The highest BCUT2D eigenvalue weighted by Crippen LogP contribution is 2.29. The van der Waals surface area contributed by atoms with E-state index in [1.807, 2.05) is 0 Å². The number of hydrogen-bond acceptors (Lipinski definition) is 3. The van der Waals surface area contributed by atoms with Gasteiger partial charge in [-0.3, -0.25) is 0 Å². The standard InChI is InChI=1S/C15H10ClF3O3/c1-21-14(20)12-7-4-10(8-13(12)16)9-2-5-11(6-3-9)22-15(17,18)19/h2-8H,1H3. The Labute approximate surface area is 129 Å². The van der Waals surface area contributed by atoms with Crippen LogP contribution < -0.4 is 4.74 Å². The predicted molar refractivity (Wildman–Crippen MR) is 74.9 cm³/mol. The predicted octanol–water partition coefficient (Wildman–Crippen LogP) is 4.69. The van der Waals surface area contributed by atoms with Gasteiger partial charge in [0.15, 0.2) is 0 Å². The van der Waals surface area contributed by atoms with Crippen molar-refractivity contribution in [2.45, 2.75) is 6.36 Å². The van der Waals surface area contributed by atoms with E-state index >= 15 is 0 Å². The molecule has 0 fully saturated rings. The smallest absolute Gasteiger partial charge is 0.465 e. The number of benzene rings is 2. The van der Waals surface area contributed by atoms with Crippen LogP contribution in [0.15, 0.2) is 42.5 Å². The maximum atomic E-state index is 12.1. The van der Waals surface area contributed by atoms with Crippen LogP contribution in [0.1, 0.15) is 10.4 Å². The minimum Gasteiger partial charge on any atom is -0.465 e. The van der Waals surface area contributed by atoms with Gasteiger partial charge >= 0.3 is 12.3 Å². The molecule has 0 aliphatic carbocycles. The molecule has 0 amide bonds. The monoisotopic (exact) mass is 330 g/mol. The van der Waals surface area contributed by atoms with Crippen LogP contribution in [0.3, 0.4) is 0 Å². The van der Waals surface area contributed by atoms with Crippen LogP contribution in [0.4, 0.5) is 13.2 Å². The van der Waals surface area contributed by atoms with Crippen molar-refractivity contribution in [1.82, 2.24) is 0 Å². The number of methoxy groups -OCH3 is 1. The van der Waals surface area contributed by atoms with Crippen molar-refractivity contribution < 1.29 is 27.4 Å². The first-order valence-corrected chi connectivity index (χ1v) is 6.42. The number of carbonyl (C=O) groups excluding carboxylic acids is 1. The topological polar surface area (TPSA) is 35.5 Å². The van der Waals surface area contributed by atoms with Crippen LogP contribution in [-0.2, 0) is 4.74 Å². The number of esters is 1. The van der Waals surface area contributed by atoms with Crippen molar-refractivity contribution in [2.75, 3.05) is 7.11 Å². The zero-order valence-corrected chi connectivity index (χ0v) is 12.0. The molecule has 0 heterocycles. The summed E-state index contributed by atoms with van der Waals surface area (Å²) in [5, 5.41) is 0.194. The molecule has 2 rings (SSSR count). The first kappa shape index (κ1) is 16.2. The van der Waals surface area contributed by atoms with E-state index in [2.05, 4.69) is 9.47 Å². The number of halogens is 4. The molecule has 3 nitrogen and oxygen atoms in total. The van der Waals surface area contributed by atoms with Crippen molar-refractivity contribution in [3.05, 3.63) is 53.1 Å². The van der Waals surface area contributed by atoms with Crippen LogP contribution in [0, 0.1) is 0 Å². The molecule has 0 radical (unpaired) electrons. The number of alkyl halides is 3. The molecule has 0 aliphatic rings. The van der Waals surface area contributed by atoms with Gasteiger partial charge in [0.2, 0.25) is 0 Å². The molecule has 116 valence electrons. The van der Waals surface area contributed by atoms with Crippen molar-refractivity contribution in [2.24, 2.45) is 0 Å². The Hall–Kier alpha value is -2.21. The molecule has 0 saturated carbocycles. The molecular weight excluding hydrogens is 321 g/mol. The van der Waals surface area contributed by atoms with Gasteiger partial charge in [-0.25, -0.2) is 4.79 Å². The number of rotatable bonds is 3. The van der Waals surface area contributed by atoms with E-state index in [1.165, 1.54) is 43.5 Å². The van der Waals surface area contributed by atoms with Crippen molar-refractivity contribution in [3.8, 4) is 16.9 Å². The molecule has 0 aromatic heterocycles. The fourth-order valence-corrected chi connectivity index (χ4v) is 2.08. The summed E-state index contributed by atoms with van der Waals surface area (Å²) in [6, 6.07) is 9.97. The lowest BCUT2D eigenvalue weighted by molar-refractivity contribution is -0.274. The first-order valence-electron chi connectivity index (χ1n) is 6.04. The molecule has 0 N–H and O–H groups in total. The average molecular weight is 331 g/mol. The molecule has 0 unspecified atom stereocenters. The quantitative estimate of drug-likeness (QED) is 0.766. The fraction of sp³-hybridized carbons (Fsp3) is 0.133. The van der Waals surface area contributed by atoms with Crippen LogP contribution in [0.5, 0.6) is 5.75 Å². The molecule has 2 aromatic rings. The van der Waals surface area contributed by atoms with Gasteiger partial charge in [-0.2, -0.15) is 0 Å². The maximum Gasteiger partial charge on any atom is 0.573 e. The highest BCUT2D eigenvalue weighted by Gasteiger charge is 2.30. The molecule has 0 atom stereocenters. The lowest BCUT2D eigenvalue weighted by atomic mass is 10.0. The Bertz CT molecular complexity index is 681. The Kier molecular flexibility index (Phi) is 4.61. The normalized spacial score (nSPS) is 11.1. The van der Waals surface area contributed by atoms with Gasteiger partial charge in [0.1, 0.15) is 5.75 Å². The highest BCUT2D eigenvalue weighted by molar-refractivity contribution is 6.33. The summed E-state index contributed by atoms with van der Waals surface area (Å²) in [5.41, 5.74) is 1.49. The van der Waals surface area contributed by atoms with E-state index in [0.717, 1.165) is 0 Å². The summed E-state index contributed by atoms with van der Waals surface area (Å²) in [5.74, 6) is -0.876. The van der Waals surface area contributed by atoms with Crippen molar-refractivity contribution in [1.29, 1.82) is 0 Å². The average Bonchev–Trinajstić information content (AvgIpc) is 2.45. The van der Waals surface area contributed by atoms with Gasteiger partial charge < -0.3 is 9.47 Å². The number of hydrogen-bond donors (Lipinski definition) is 0. The van der Waals surface area contributed by atoms with Gasteiger partial charge in [-0.1, -0.05) is 29.8 Å². The zero-order chi connectivity index (χ0) is 16.3. The van der Waals surface area contributed by atoms with Crippen LogP contribution in [0.25, 0.3) is 11.1 Å². The van der Waals surface area contributed by atoms with E-state index in [9.17, 15) is 18.0 Å². The minimum atomic E-state index is -4.73. The number of ether oxygens (including phenoxy) is 2. The highest BCUT2D eigenvalue weighted by atomic mass is 35.5. The lowest BCUT2D eigenvalue weighted by Gasteiger charge is -2.10. The van der Waals surface area contributed by atoms with Gasteiger partial charge in [-0.15, -0.1) is 13.2 Å². The summed E-state index contributed by atoms with van der Waals surface area (Å²) in [4.78, 5) is 11.4. The molecule has 0 saturated heterocycles. The van der Waals surface area contributed by atoms with Gasteiger partial charge in [0, 0.05) is 0 Å². The molecule has 22 heavy (non-hydrogen) atoms. The maximum absolute atomic E-state index is 12.1. The Morgan fingerprint density at radius 3 is 2.14 bits per heavy atom. The fourth-order valence-electron chi connectivity index (χ4n) is 1.82. The SMILES string of the molecule is COC(=O)c1ccc(-c2ccc(OC(F)(F)F)cc2)cc1Cl. The molecule has 7 heteroatoms. The van der Waals surface area contributed by atoms with E-state index in [0.29, 0.717) is 11.1 Å². The molecule has 0 bridgehead atoms. The summed E-state index contributed by atoms with van der Waals surface area (Å²) < 4.78 is 44.6. The third-order valence-electron chi connectivity index (χ3n) is 2.80. The number of carbonyl (C=O) groups is 1. The van der Waals surface area contributed by atoms with Gasteiger partial charge in [-0.05, 0) is 35.4 Å². The molecule has 2 aromatic carbocycles. The lowest BCUT2D eigenvalue weighted by Crippen LogP contribution is -2.16. The van der Waals surface area contributed by atoms with Gasteiger partial charge in [0.25, 0.3) is 0 Å². The largest absolute Gasteiger partial charge is 0.573 e. The summed E-state index contributed by atoms with van der Waals surface area (Å²) in [7, 11) is 1.24. The van der Waals surface area contributed by atoms with Crippen molar-refractivity contribution >= 4 is 17.6 Å². The Balaban J connectivity index is 2.25. The van der Waals surface area contributed by atoms with Crippen molar-refractivity contribution in [3.63, 3.8) is 0 Å². The summed E-state index contributed by atoms with van der Waals surface area (Å²) in [6.45, 7) is 0. The third kappa shape index (κ3) is 3.92. The minimum absolute atomic E-state index is 0.194. The van der Waals surface area contributed by atoms with Crippen LogP contribution in [-0.4, -0.2) is 19.4 Å². The van der Waals surface area contributed by atoms with Crippen LogP contribution in [0.2, 0.25) is 5.02 Å². The van der Waals surface area contributed by atoms with E-state index in [4.69, 9.17) is 11.6 Å². The van der Waals surface area contributed by atoms with E-state index in [1.54, 1.807) is 6.07 Å². The second kappa shape index (κ2) is 6.27. The summed E-state index contributed by atoms with van der Waals surface area (Å²) in [6.07, 6.45) is -4.73. The molecular formula is C15H10ClF3O3. The Morgan fingerprint density at radius 1 is 1.05 bits per heavy atom. The first-order chi connectivity index (χ1) is 10.3. The molecule has 0 spiro atoms. The zero-order valence-electron chi connectivity index (χ0n) is 11.3. The summed E-state index contributed by atoms with van der Waals surface area (Å²) >= 11 is 6.00.